The molecule has 0 heterocycles. The molecule has 134 valence electrons. The number of rotatable bonds is 7. The largest absolute Gasteiger partial charge is 0.384 e. The van der Waals surface area contributed by atoms with Gasteiger partial charge in [-0.2, -0.15) is 0 Å². The van der Waals surface area contributed by atoms with Crippen LogP contribution in [-0.2, 0) is 22.5 Å². The van der Waals surface area contributed by atoms with Crippen molar-refractivity contribution in [3.8, 4) is 0 Å². The van der Waals surface area contributed by atoms with Crippen molar-refractivity contribution in [2.45, 2.75) is 12.8 Å². The molecule has 0 atom stereocenters. The Kier molecular flexibility index (Phi) is 5.93. The Hall–Kier alpha value is -3.82. The Balaban J connectivity index is 1.88. The van der Waals surface area contributed by atoms with E-state index >= 15 is 0 Å². The summed E-state index contributed by atoms with van der Waals surface area (Å²) in [5.41, 5.74) is 6.75. The summed E-state index contributed by atoms with van der Waals surface area (Å²) in [6, 6.07) is 11.2. The van der Waals surface area contributed by atoms with Crippen molar-refractivity contribution in [2.75, 3.05) is 0 Å². The molecular weight excluding hydrogens is 344 g/mol. The van der Waals surface area contributed by atoms with Gasteiger partial charge in [0.2, 0.25) is 0 Å². The summed E-state index contributed by atoms with van der Waals surface area (Å²) in [7, 11) is 0. The van der Waals surface area contributed by atoms with Crippen LogP contribution in [0.5, 0.6) is 0 Å². The van der Waals surface area contributed by atoms with E-state index in [0.29, 0.717) is 11.1 Å². The third-order valence-electron chi connectivity index (χ3n) is 3.29. The molecule has 0 aliphatic carbocycles. The van der Waals surface area contributed by atoms with Crippen LogP contribution in [0.25, 0.3) is 0 Å². The number of oxime groups is 1. The Morgan fingerprint density at radius 3 is 1.73 bits per heavy atom. The van der Waals surface area contributed by atoms with Crippen molar-refractivity contribution in [1.29, 1.82) is 0 Å². The van der Waals surface area contributed by atoms with Gasteiger partial charge in [0.25, 0.3) is 11.4 Å². The number of nitrogens with zero attached hydrogens (tertiary/aromatic N) is 3. The predicted octanol–water partition coefficient (Wildman–Crippen LogP) is 2.10. The fraction of sp³-hybridized carbons (Fsp3) is 0.125. The number of carbonyl (C=O) groups excluding carboxylic acids is 1. The summed E-state index contributed by atoms with van der Waals surface area (Å²) < 4.78 is 0. The highest BCUT2D eigenvalue weighted by atomic mass is 16.7. The van der Waals surface area contributed by atoms with E-state index in [1.54, 1.807) is 0 Å². The summed E-state index contributed by atoms with van der Waals surface area (Å²) in [6.45, 7) is 0. The lowest BCUT2D eigenvalue weighted by Crippen LogP contribution is -2.17. The number of hydrogen-bond donors (Lipinski definition) is 1. The molecule has 0 spiro atoms. The molecule has 0 saturated heterocycles. The van der Waals surface area contributed by atoms with E-state index in [4.69, 9.17) is 10.6 Å². The number of non-ortho nitro benzene ring substituents is 2. The second-order valence-corrected chi connectivity index (χ2v) is 5.25. The van der Waals surface area contributed by atoms with Crippen molar-refractivity contribution < 1.29 is 19.5 Å². The van der Waals surface area contributed by atoms with Crippen molar-refractivity contribution in [1.82, 2.24) is 0 Å². The zero-order valence-electron chi connectivity index (χ0n) is 13.4. The van der Waals surface area contributed by atoms with Crippen molar-refractivity contribution in [3.05, 3.63) is 79.9 Å². The predicted molar refractivity (Wildman–Crippen MR) is 91.3 cm³/mol. The van der Waals surface area contributed by atoms with Gasteiger partial charge in [0, 0.05) is 30.7 Å². The highest BCUT2D eigenvalue weighted by Crippen LogP contribution is 2.13. The van der Waals surface area contributed by atoms with Gasteiger partial charge in [-0.05, 0) is 11.1 Å². The van der Waals surface area contributed by atoms with E-state index in [-0.39, 0.29) is 30.1 Å². The fourth-order valence-electron chi connectivity index (χ4n) is 2.02. The lowest BCUT2D eigenvalue weighted by Gasteiger charge is -2.02. The minimum absolute atomic E-state index is 0.0240. The summed E-state index contributed by atoms with van der Waals surface area (Å²) in [5.74, 6) is -0.651. The van der Waals surface area contributed by atoms with Gasteiger partial charge in [0.05, 0.1) is 16.3 Å². The van der Waals surface area contributed by atoms with E-state index in [1.165, 1.54) is 48.5 Å². The van der Waals surface area contributed by atoms with Gasteiger partial charge >= 0.3 is 5.97 Å². The second-order valence-electron chi connectivity index (χ2n) is 5.25. The molecule has 2 rings (SSSR count). The first-order valence-electron chi connectivity index (χ1n) is 7.34. The van der Waals surface area contributed by atoms with Gasteiger partial charge in [0.1, 0.15) is 5.84 Å². The van der Waals surface area contributed by atoms with Gasteiger partial charge in [-0.25, -0.2) is 4.79 Å². The molecule has 0 bridgehead atoms. The highest BCUT2D eigenvalue weighted by Gasteiger charge is 2.09. The zero-order chi connectivity index (χ0) is 19.1. The van der Waals surface area contributed by atoms with Crippen LogP contribution >= 0.6 is 0 Å². The highest BCUT2D eigenvalue weighted by molar-refractivity contribution is 5.83. The number of carbonyl (C=O) groups is 1. The number of nitro groups is 2. The van der Waals surface area contributed by atoms with Crippen molar-refractivity contribution in [2.24, 2.45) is 10.9 Å². The fourth-order valence-corrected chi connectivity index (χ4v) is 2.02. The Labute approximate surface area is 147 Å². The first-order valence-corrected chi connectivity index (χ1v) is 7.34. The molecule has 2 aromatic carbocycles. The summed E-state index contributed by atoms with van der Waals surface area (Å²) >= 11 is 0. The minimum atomic E-state index is -0.675. The first kappa shape index (κ1) is 18.5. The Bertz CT molecular complexity index is 846. The number of nitro benzene ring substituents is 2. The smallest absolute Gasteiger partial charge is 0.339 e. The molecule has 0 amide bonds. The van der Waals surface area contributed by atoms with Gasteiger partial charge in [0.15, 0.2) is 0 Å². The van der Waals surface area contributed by atoms with Crippen molar-refractivity contribution in [3.63, 3.8) is 0 Å². The third-order valence-corrected chi connectivity index (χ3v) is 3.29. The molecule has 10 nitrogen and oxygen atoms in total. The van der Waals surface area contributed by atoms with Crippen LogP contribution in [-0.4, -0.2) is 21.7 Å². The van der Waals surface area contributed by atoms with Crippen LogP contribution in [0.15, 0.2) is 53.7 Å². The number of benzene rings is 2. The van der Waals surface area contributed by atoms with Gasteiger partial charge in [-0.15, -0.1) is 0 Å². The van der Waals surface area contributed by atoms with E-state index < -0.39 is 15.8 Å². The molecule has 2 aromatic rings. The lowest BCUT2D eigenvalue weighted by atomic mass is 10.1. The van der Waals surface area contributed by atoms with Crippen LogP contribution in [0.2, 0.25) is 0 Å². The van der Waals surface area contributed by atoms with E-state index in [9.17, 15) is 25.0 Å². The average Bonchev–Trinajstić information content (AvgIpc) is 2.61. The third kappa shape index (κ3) is 5.37. The molecule has 26 heavy (non-hydrogen) atoms. The second kappa shape index (κ2) is 8.33. The molecule has 0 saturated carbocycles. The normalized spacial score (nSPS) is 11.0. The molecule has 2 N–H and O–H groups in total. The topological polar surface area (TPSA) is 151 Å². The monoisotopic (exact) mass is 358 g/mol. The molecule has 0 unspecified atom stereocenters. The minimum Gasteiger partial charge on any atom is -0.384 e. The molecule has 0 radical (unpaired) electrons. The summed E-state index contributed by atoms with van der Waals surface area (Å²) in [4.78, 5) is 36.5. The maximum Gasteiger partial charge on any atom is 0.339 e. The van der Waals surface area contributed by atoms with Crippen LogP contribution in [0.1, 0.15) is 11.1 Å². The van der Waals surface area contributed by atoms with Crippen LogP contribution < -0.4 is 5.73 Å². The quantitative estimate of drug-likeness (QED) is 0.261. The van der Waals surface area contributed by atoms with E-state index in [1.807, 2.05) is 0 Å². The SMILES string of the molecule is N/C(Cc1ccc([N+](=O)[O-])cc1)=N\OC(=O)Cc1ccc([N+](=O)[O-])cc1. The maximum atomic E-state index is 11.7. The van der Waals surface area contributed by atoms with Gasteiger partial charge < -0.3 is 10.6 Å². The zero-order valence-corrected chi connectivity index (χ0v) is 13.4. The molecule has 0 fully saturated rings. The van der Waals surface area contributed by atoms with Crippen LogP contribution in [0.4, 0.5) is 11.4 Å². The van der Waals surface area contributed by atoms with Crippen molar-refractivity contribution >= 4 is 23.2 Å². The van der Waals surface area contributed by atoms with Crippen LogP contribution in [0.3, 0.4) is 0 Å². The maximum absolute atomic E-state index is 11.7. The molecule has 0 aromatic heterocycles. The van der Waals surface area contributed by atoms with E-state index in [0.717, 1.165) is 0 Å². The summed E-state index contributed by atoms with van der Waals surface area (Å²) in [6.07, 6.45) is 0.0368. The van der Waals surface area contributed by atoms with Gasteiger partial charge in [-0.1, -0.05) is 29.4 Å². The molecular formula is C16H14N4O6. The molecule has 0 aliphatic heterocycles. The number of amidine groups is 1. The molecule has 0 aliphatic rings. The first-order chi connectivity index (χ1) is 12.3. The van der Waals surface area contributed by atoms with E-state index in [2.05, 4.69) is 5.16 Å². The summed E-state index contributed by atoms with van der Waals surface area (Å²) in [5, 5.41) is 24.7. The standard InChI is InChI=1S/C16H14N4O6/c17-15(9-11-1-5-13(6-2-11)19(22)23)18-26-16(21)10-12-3-7-14(8-4-12)20(24)25/h1-8H,9-10H2,(H2,17,18). The molecule has 10 heteroatoms. The Morgan fingerprint density at radius 1 is 0.885 bits per heavy atom. The Morgan fingerprint density at radius 2 is 1.31 bits per heavy atom. The number of hydrogen-bond acceptors (Lipinski definition) is 7. The number of nitrogens with two attached hydrogens (primary N) is 1. The average molecular weight is 358 g/mol. The van der Waals surface area contributed by atoms with Crippen LogP contribution in [0, 0.1) is 20.2 Å². The van der Waals surface area contributed by atoms with Gasteiger partial charge in [-0.3, -0.25) is 20.2 Å². The lowest BCUT2D eigenvalue weighted by molar-refractivity contribution is -0.385.